The van der Waals surface area contributed by atoms with Gasteiger partial charge in [0.05, 0.1) is 16.9 Å². The Morgan fingerprint density at radius 1 is 1.17 bits per heavy atom. The number of halogens is 1. The van der Waals surface area contributed by atoms with Gasteiger partial charge in [-0.3, -0.25) is 9.59 Å². The summed E-state index contributed by atoms with van der Waals surface area (Å²) >= 11 is 5.00. The molecular weight excluding hydrogens is 376 g/mol. The normalized spacial score (nSPS) is 10.4. The summed E-state index contributed by atoms with van der Waals surface area (Å²) in [5, 5.41) is 2.69. The molecule has 6 heteroatoms. The SMILES string of the molecule is Cc1cc(C)cc(C(=O)NCC(=O)N(C)Cc2ccc(Br)s2)c1. The van der Waals surface area contributed by atoms with Crippen LogP contribution in [0.5, 0.6) is 0 Å². The van der Waals surface area contributed by atoms with Crippen LogP contribution in [-0.2, 0) is 11.3 Å². The van der Waals surface area contributed by atoms with Crippen LogP contribution in [0.1, 0.15) is 26.4 Å². The van der Waals surface area contributed by atoms with Crippen molar-refractivity contribution in [3.05, 3.63) is 55.7 Å². The fraction of sp³-hybridized carbons (Fsp3) is 0.294. The summed E-state index contributed by atoms with van der Waals surface area (Å²) in [4.78, 5) is 27.0. The molecule has 2 rings (SSSR count). The number of hydrogen-bond acceptors (Lipinski definition) is 3. The van der Waals surface area contributed by atoms with Gasteiger partial charge in [-0.05, 0) is 54.0 Å². The maximum Gasteiger partial charge on any atom is 0.251 e. The first kappa shape index (κ1) is 17.7. The summed E-state index contributed by atoms with van der Waals surface area (Å²) in [7, 11) is 1.74. The molecule has 4 nitrogen and oxygen atoms in total. The van der Waals surface area contributed by atoms with E-state index in [1.54, 1.807) is 23.3 Å². The van der Waals surface area contributed by atoms with Crippen LogP contribution in [-0.4, -0.2) is 30.3 Å². The minimum Gasteiger partial charge on any atom is -0.343 e. The van der Waals surface area contributed by atoms with Gasteiger partial charge in [-0.1, -0.05) is 17.2 Å². The Balaban J connectivity index is 1.89. The summed E-state index contributed by atoms with van der Waals surface area (Å²) in [5.74, 6) is -0.343. The average molecular weight is 395 g/mol. The minimum absolute atomic E-state index is 0.00509. The van der Waals surface area contributed by atoms with Crippen molar-refractivity contribution in [2.24, 2.45) is 0 Å². The standard InChI is InChI=1S/C17H19BrN2O2S/c1-11-6-12(2)8-13(7-11)17(22)19-9-16(21)20(3)10-14-4-5-15(18)23-14/h4-8H,9-10H2,1-3H3,(H,19,22). The Labute approximate surface area is 148 Å². The highest BCUT2D eigenvalue weighted by molar-refractivity contribution is 9.11. The van der Waals surface area contributed by atoms with E-state index in [0.717, 1.165) is 19.8 Å². The summed E-state index contributed by atoms with van der Waals surface area (Å²) in [6, 6.07) is 9.58. The lowest BCUT2D eigenvalue weighted by Crippen LogP contribution is -2.37. The maximum atomic E-state index is 12.2. The third-order valence-electron chi connectivity index (χ3n) is 3.33. The third kappa shape index (κ3) is 5.18. The molecule has 0 bridgehead atoms. The van der Waals surface area contributed by atoms with Crippen molar-refractivity contribution in [1.82, 2.24) is 10.2 Å². The van der Waals surface area contributed by atoms with E-state index in [0.29, 0.717) is 12.1 Å². The van der Waals surface area contributed by atoms with E-state index in [4.69, 9.17) is 0 Å². The second-order valence-corrected chi connectivity index (χ2v) is 8.06. The molecule has 0 unspecified atom stereocenters. The van der Waals surface area contributed by atoms with E-state index in [9.17, 15) is 9.59 Å². The number of amides is 2. The van der Waals surface area contributed by atoms with Crippen LogP contribution >= 0.6 is 27.3 Å². The maximum absolute atomic E-state index is 12.2. The number of nitrogens with zero attached hydrogens (tertiary/aromatic N) is 1. The molecular formula is C17H19BrN2O2S. The molecule has 0 aliphatic rings. The van der Waals surface area contributed by atoms with Gasteiger partial charge in [0.15, 0.2) is 0 Å². The summed E-state index contributed by atoms with van der Waals surface area (Å²) in [6.07, 6.45) is 0. The predicted octanol–water partition coefficient (Wildman–Crippen LogP) is 3.52. The van der Waals surface area contributed by atoms with Crippen LogP contribution in [0.4, 0.5) is 0 Å². The van der Waals surface area contributed by atoms with E-state index in [2.05, 4.69) is 21.2 Å². The number of rotatable bonds is 5. The molecule has 23 heavy (non-hydrogen) atoms. The van der Waals surface area contributed by atoms with Crippen LogP contribution in [0.25, 0.3) is 0 Å². The first-order valence-corrected chi connectivity index (χ1v) is 8.81. The zero-order valence-electron chi connectivity index (χ0n) is 13.4. The van der Waals surface area contributed by atoms with Gasteiger partial charge in [-0.25, -0.2) is 0 Å². The second-order valence-electron chi connectivity index (χ2n) is 5.51. The topological polar surface area (TPSA) is 49.4 Å². The minimum atomic E-state index is -0.225. The Bertz CT molecular complexity index is 707. The molecule has 0 atom stereocenters. The van der Waals surface area contributed by atoms with Gasteiger partial charge in [0.2, 0.25) is 5.91 Å². The van der Waals surface area contributed by atoms with E-state index >= 15 is 0 Å². The van der Waals surface area contributed by atoms with E-state index in [1.165, 1.54) is 0 Å². The number of carbonyl (C=O) groups is 2. The Hall–Kier alpha value is -1.66. The zero-order chi connectivity index (χ0) is 17.0. The Morgan fingerprint density at radius 2 is 1.83 bits per heavy atom. The van der Waals surface area contributed by atoms with Crippen molar-refractivity contribution in [1.29, 1.82) is 0 Å². The Kier molecular flexibility index (Phi) is 5.96. The van der Waals surface area contributed by atoms with Crippen LogP contribution in [0.3, 0.4) is 0 Å². The highest BCUT2D eigenvalue weighted by atomic mass is 79.9. The summed E-state index contributed by atoms with van der Waals surface area (Å²) in [5.41, 5.74) is 2.64. The molecule has 1 aromatic carbocycles. The zero-order valence-corrected chi connectivity index (χ0v) is 15.8. The molecule has 1 aromatic heterocycles. The van der Waals surface area contributed by atoms with E-state index in [1.807, 2.05) is 44.2 Å². The lowest BCUT2D eigenvalue weighted by molar-refractivity contribution is -0.129. The van der Waals surface area contributed by atoms with Gasteiger partial charge >= 0.3 is 0 Å². The van der Waals surface area contributed by atoms with Gasteiger partial charge in [-0.15, -0.1) is 11.3 Å². The van der Waals surface area contributed by atoms with Gasteiger partial charge in [0.25, 0.3) is 5.91 Å². The molecule has 2 amide bonds. The van der Waals surface area contributed by atoms with Gasteiger partial charge in [-0.2, -0.15) is 0 Å². The number of carbonyl (C=O) groups excluding carboxylic acids is 2. The highest BCUT2D eigenvalue weighted by Crippen LogP contribution is 2.22. The van der Waals surface area contributed by atoms with Crippen molar-refractivity contribution >= 4 is 39.1 Å². The number of aryl methyl sites for hydroxylation is 2. The quantitative estimate of drug-likeness (QED) is 0.842. The molecule has 1 N–H and O–H groups in total. The molecule has 0 radical (unpaired) electrons. The monoisotopic (exact) mass is 394 g/mol. The molecule has 0 aliphatic carbocycles. The molecule has 0 fully saturated rings. The van der Waals surface area contributed by atoms with Crippen molar-refractivity contribution in [3.8, 4) is 0 Å². The van der Waals surface area contributed by atoms with Crippen LogP contribution in [0.2, 0.25) is 0 Å². The number of nitrogens with one attached hydrogen (secondary N) is 1. The van der Waals surface area contributed by atoms with E-state index in [-0.39, 0.29) is 18.4 Å². The third-order valence-corrected chi connectivity index (χ3v) is 4.94. The lowest BCUT2D eigenvalue weighted by Gasteiger charge is -2.16. The number of benzene rings is 1. The van der Waals surface area contributed by atoms with Crippen LogP contribution in [0.15, 0.2) is 34.1 Å². The van der Waals surface area contributed by atoms with E-state index < -0.39 is 0 Å². The molecule has 2 aromatic rings. The Morgan fingerprint density at radius 3 is 2.39 bits per heavy atom. The fourth-order valence-corrected chi connectivity index (χ4v) is 3.79. The number of thiophene rings is 1. The number of likely N-dealkylation sites (N-methyl/N-ethyl adjacent to an activating group) is 1. The first-order valence-electron chi connectivity index (χ1n) is 7.20. The van der Waals surface area contributed by atoms with Crippen molar-refractivity contribution < 1.29 is 9.59 Å². The average Bonchev–Trinajstić information content (AvgIpc) is 2.88. The largest absolute Gasteiger partial charge is 0.343 e. The van der Waals surface area contributed by atoms with Crippen molar-refractivity contribution in [2.75, 3.05) is 13.6 Å². The van der Waals surface area contributed by atoms with Gasteiger partial charge < -0.3 is 10.2 Å². The van der Waals surface area contributed by atoms with Crippen molar-refractivity contribution in [2.45, 2.75) is 20.4 Å². The molecule has 0 saturated heterocycles. The molecule has 0 spiro atoms. The number of hydrogen-bond donors (Lipinski definition) is 1. The van der Waals surface area contributed by atoms with Crippen LogP contribution in [0, 0.1) is 13.8 Å². The van der Waals surface area contributed by atoms with Gasteiger partial charge in [0.1, 0.15) is 0 Å². The fourth-order valence-electron chi connectivity index (χ4n) is 2.26. The summed E-state index contributed by atoms with van der Waals surface area (Å²) in [6.45, 7) is 4.42. The molecule has 0 saturated carbocycles. The first-order chi connectivity index (χ1) is 10.8. The molecule has 1 heterocycles. The van der Waals surface area contributed by atoms with Gasteiger partial charge in [0, 0.05) is 17.5 Å². The van der Waals surface area contributed by atoms with Crippen LogP contribution < -0.4 is 5.32 Å². The van der Waals surface area contributed by atoms with Crippen molar-refractivity contribution in [3.63, 3.8) is 0 Å². The molecule has 122 valence electrons. The summed E-state index contributed by atoms with van der Waals surface area (Å²) < 4.78 is 1.04. The lowest BCUT2D eigenvalue weighted by atomic mass is 10.1. The smallest absolute Gasteiger partial charge is 0.251 e. The second kappa shape index (κ2) is 7.75. The highest BCUT2D eigenvalue weighted by Gasteiger charge is 2.13. The predicted molar refractivity (Wildman–Crippen MR) is 96.7 cm³/mol. The molecule has 0 aliphatic heterocycles.